The molecule has 1 aromatic rings. The second-order valence-corrected chi connectivity index (χ2v) is 12.1. The Morgan fingerprint density at radius 1 is 1.02 bits per heavy atom. The van der Waals surface area contributed by atoms with Crippen LogP contribution in [0.3, 0.4) is 0 Å². The van der Waals surface area contributed by atoms with Crippen molar-refractivity contribution < 1.29 is 54.5 Å². The number of fused-ring (bicyclic) bond motifs is 3. The van der Waals surface area contributed by atoms with Crippen molar-refractivity contribution in [3.8, 4) is 0 Å². The third kappa shape index (κ3) is 4.14. The molecule has 4 rings (SSSR count). The number of Topliss-reactive ketones (excluding diaryl/α,β-unsaturated/α-hetero) is 1. The molecule has 0 aromatic heterocycles. The highest BCUT2D eigenvalue weighted by Gasteiger charge is 2.74. The van der Waals surface area contributed by atoms with Crippen molar-refractivity contribution in [2.24, 2.45) is 16.7 Å². The van der Waals surface area contributed by atoms with Gasteiger partial charge in [-0.15, -0.1) is 0 Å². The molecule has 1 aromatic carbocycles. The summed E-state index contributed by atoms with van der Waals surface area (Å²) in [6, 6.07) is 7.74. The first-order chi connectivity index (χ1) is 18.5. The Balaban J connectivity index is 2.07. The van der Waals surface area contributed by atoms with Crippen LogP contribution in [0, 0.1) is 16.7 Å². The number of carbonyl (C=O) groups is 3. The SMILES string of the molecule is CC(=O)O[C@H]1C[C@H](O)[C@@]2(C)C(=O)[C@H](O)C3=C(C)[C@@H](O)C[C@@](O)([C@@H](OC(=O)c4ccccc4)[C@@H]2[C@]1(O)CO)C3(C)C. The summed E-state index contributed by atoms with van der Waals surface area (Å²) in [5.74, 6) is -4.59. The van der Waals surface area contributed by atoms with Crippen LogP contribution in [-0.4, -0.2) is 96.7 Å². The molecule has 0 spiro atoms. The molecule has 2 saturated carbocycles. The second-order valence-electron chi connectivity index (χ2n) is 12.1. The van der Waals surface area contributed by atoms with Crippen LogP contribution in [0.5, 0.6) is 0 Å². The molecule has 6 N–H and O–H groups in total. The number of esters is 2. The molecule has 11 heteroatoms. The standard InChI is InChI=1S/C29H38O11/c1-14-17(32)12-29(38)24(40-25(36)16-9-7-6-8-10-16)22-27(5,23(35)21(34)20(14)26(29,3)4)18(33)11-19(39-15(2)31)28(22,37)13-30/h6-10,17-19,21-22,24,30,32-34,37-38H,11-13H2,1-5H3/t17-,18-,19-,21+,22-,24-,27+,28-,29+/m0/s1. The molecule has 2 bridgehead atoms. The fraction of sp³-hybridized carbons (Fsp3) is 0.621. The van der Waals surface area contributed by atoms with Crippen LogP contribution in [0.25, 0.3) is 0 Å². The molecular formula is C29H38O11. The largest absolute Gasteiger partial charge is 0.459 e. The quantitative estimate of drug-likeness (QED) is 0.214. The summed E-state index contributed by atoms with van der Waals surface area (Å²) in [5, 5.41) is 69.2. The van der Waals surface area contributed by atoms with Gasteiger partial charge in [-0.2, -0.15) is 0 Å². The average molecular weight is 563 g/mol. The lowest BCUT2D eigenvalue weighted by Gasteiger charge is -2.64. The van der Waals surface area contributed by atoms with Crippen LogP contribution >= 0.6 is 0 Å². The molecule has 0 aliphatic heterocycles. The second kappa shape index (κ2) is 10.0. The fourth-order valence-corrected chi connectivity index (χ4v) is 7.29. The highest BCUT2D eigenvalue weighted by Crippen LogP contribution is 2.61. The summed E-state index contributed by atoms with van der Waals surface area (Å²) in [4.78, 5) is 39.7. The lowest BCUT2D eigenvalue weighted by molar-refractivity contribution is -0.287. The van der Waals surface area contributed by atoms with Gasteiger partial charge in [-0.1, -0.05) is 32.0 Å². The lowest BCUT2D eigenvalue weighted by atomic mass is 9.45. The predicted molar refractivity (Wildman–Crippen MR) is 139 cm³/mol. The minimum atomic E-state index is -2.54. The Hall–Kier alpha value is -2.67. The van der Waals surface area contributed by atoms with E-state index < -0.39 is 95.6 Å². The van der Waals surface area contributed by atoms with Gasteiger partial charge in [-0.3, -0.25) is 9.59 Å². The molecule has 40 heavy (non-hydrogen) atoms. The van der Waals surface area contributed by atoms with Gasteiger partial charge in [0, 0.05) is 31.1 Å². The van der Waals surface area contributed by atoms with E-state index in [2.05, 4.69) is 0 Å². The molecule has 0 unspecified atom stereocenters. The molecule has 11 nitrogen and oxygen atoms in total. The monoisotopic (exact) mass is 562 g/mol. The van der Waals surface area contributed by atoms with Gasteiger partial charge in [-0.05, 0) is 37.1 Å². The van der Waals surface area contributed by atoms with Crippen LogP contribution in [0.2, 0.25) is 0 Å². The molecule has 3 aliphatic carbocycles. The van der Waals surface area contributed by atoms with Crippen molar-refractivity contribution >= 4 is 17.7 Å². The van der Waals surface area contributed by atoms with E-state index in [0.29, 0.717) is 0 Å². The number of hydrogen-bond acceptors (Lipinski definition) is 11. The number of ether oxygens (including phenoxy) is 2. The number of aliphatic hydroxyl groups is 6. The zero-order valence-electron chi connectivity index (χ0n) is 23.2. The number of aliphatic hydroxyl groups excluding tert-OH is 4. The maximum atomic E-state index is 14.2. The summed E-state index contributed by atoms with van der Waals surface area (Å²) in [6.45, 7) is 5.74. The first-order valence-corrected chi connectivity index (χ1v) is 13.3. The minimum Gasteiger partial charge on any atom is -0.459 e. The highest BCUT2D eigenvalue weighted by atomic mass is 16.6. The van der Waals surface area contributed by atoms with E-state index in [9.17, 15) is 45.0 Å². The normalized spacial score (nSPS) is 40.9. The number of rotatable bonds is 4. The summed E-state index contributed by atoms with van der Waals surface area (Å²) in [5.41, 5.74) is -8.16. The van der Waals surface area contributed by atoms with E-state index in [-0.39, 0.29) is 16.7 Å². The maximum absolute atomic E-state index is 14.2. The first kappa shape index (κ1) is 30.3. The lowest BCUT2D eigenvalue weighted by Crippen LogP contribution is -2.78. The molecule has 3 aliphatic rings. The Morgan fingerprint density at radius 2 is 1.62 bits per heavy atom. The van der Waals surface area contributed by atoms with E-state index >= 15 is 0 Å². The highest BCUT2D eigenvalue weighted by molar-refractivity contribution is 5.94. The predicted octanol–water partition coefficient (Wildman–Crippen LogP) is 0.0362. The first-order valence-electron chi connectivity index (χ1n) is 13.3. The molecule has 0 amide bonds. The molecule has 9 atom stereocenters. The van der Waals surface area contributed by atoms with Crippen molar-refractivity contribution in [1.82, 2.24) is 0 Å². The zero-order chi connectivity index (χ0) is 30.0. The summed E-state index contributed by atoms with van der Waals surface area (Å²) >= 11 is 0. The summed E-state index contributed by atoms with van der Waals surface area (Å²) < 4.78 is 11.3. The van der Waals surface area contributed by atoms with Crippen molar-refractivity contribution in [3.05, 3.63) is 47.0 Å². The molecule has 220 valence electrons. The van der Waals surface area contributed by atoms with Crippen LogP contribution < -0.4 is 0 Å². The molecular weight excluding hydrogens is 524 g/mol. The van der Waals surface area contributed by atoms with Gasteiger partial charge >= 0.3 is 11.9 Å². The van der Waals surface area contributed by atoms with E-state index in [1.165, 1.54) is 39.8 Å². The number of ketones is 1. The van der Waals surface area contributed by atoms with Gasteiger partial charge < -0.3 is 40.1 Å². The molecule has 0 saturated heterocycles. The van der Waals surface area contributed by atoms with Crippen molar-refractivity contribution in [2.45, 2.75) is 89.2 Å². The number of hydrogen-bond donors (Lipinski definition) is 6. The maximum Gasteiger partial charge on any atom is 0.338 e. The van der Waals surface area contributed by atoms with Crippen LogP contribution in [0.1, 0.15) is 57.8 Å². The van der Waals surface area contributed by atoms with Crippen molar-refractivity contribution in [3.63, 3.8) is 0 Å². The average Bonchev–Trinajstić information content (AvgIpc) is 2.89. The van der Waals surface area contributed by atoms with E-state index in [1.807, 2.05) is 0 Å². The van der Waals surface area contributed by atoms with E-state index in [4.69, 9.17) is 9.47 Å². The number of benzene rings is 1. The molecule has 0 radical (unpaired) electrons. The molecule has 0 heterocycles. The van der Waals surface area contributed by atoms with Crippen LogP contribution in [0.4, 0.5) is 0 Å². The van der Waals surface area contributed by atoms with Crippen LogP contribution in [0.15, 0.2) is 41.5 Å². The van der Waals surface area contributed by atoms with Gasteiger partial charge in [0.15, 0.2) is 5.78 Å². The Labute approximate surface area is 232 Å². The van der Waals surface area contributed by atoms with Gasteiger partial charge in [-0.25, -0.2) is 4.79 Å². The Bertz CT molecular complexity index is 1230. The van der Waals surface area contributed by atoms with E-state index in [1.54, 1.807) is 18.2 Å². The summed E-state index contributed by atoms with van der Waals surface area (Å²) in [7, 11) is 0. The fourth-order valence-electron chi connectivity index (χ4n) is 7.29. The number of carbonyl (C=O) groups excluding carboxylic acids is 3. The minimum absolute atomic E-state index is 0.000956. The smallest absolute Gasteiger partial charge is 0.338 e. The van der Waals surface area contributed by atoms with Gasteiger partial charge in [0.25, 0.3) is 0 Å². The third-order valence-corrected chi connectivity index (χ3v) is 9.69. The topological polar surface area (TPSA) is 191 Å². The Morgan fingerprint density at radius 3 is 2.17 bits per heavy atom. The van der Waals surface area contributed by atoms with Gasteiger partial charge in [0.2, 0.25) is 0 Å². The zero-order valence-corrected chi connectivity index (χ0v) is 23.2. The third-order valence-electron chi connectivity index (χ3n) is 9.69. The van der Waals surface area contributed by atoms with Gasteiger partial charge in [0.1, 0.15) is 29.5 Å². The van der Waals surface area contributed by atoms with Crippen molar-refractivity contribution in [1.29, 1.82) is 0 Å². The van der Waals surface area contributed by atoms with Gasteiger partial charge in [0.05, 0.1) is 29.8 Å². The Kier molecular flexibility index (Phi) is 7.58. The summed E-state index contributed by atoms with van der Waals surface area (Å²) in [6.07, 6.45) is -9.36. The van der Waals surface area contributed by atoms with E-state index in [0.717, 1.165) is 6.92 Å². The van der Waals surface area contributed by atoms with Crippen LogP contribution in [-0.2, 0) is 19.1 Å². The molecule has 2 fully saturated rings. The van der Waals surface area contributed by atoms with Crippen molar-refractivity contribution in [2.75, 3.05) is 6.61 Å².